The second-order valence-electron chi connectivity index (χ2n) is 3.91. The third-order valence-corrected chi connectivity index (χ3v) is 3.05. The standard InChI is InChI=1S/C13H11Cl2F2N3/c1-2-18-12-7(14)6-8(15)13(20-12)19-10-5-3-4-9(16)11(10)17/h3-6H,2H2,1H3,(H2,18,19,20). The summed E-state index contributed by atoms with van der Waals surface area (Å²) in [6, 6.07) is 5.28. The van der Waals surface area contributed by atoms with Gasteiger partial charge in [-0.15, -0.1) is 0 Å². The second kappa shape index (κ2) is 6.24. The Morgan fingerprint density at radius 3 is 2.55 bits per heavy atom. The Morgan fingerprint density at radius 1 is 1.15 bits per heavy atom. The molecular formula is C13H11Cl2F2N3. The molecule has 0 fully saturated rings. The fourth-order valence-corrected chi connectivity index (χ4v) is 2.05. The molecule has 0 aliphatic carbocycles. The van der Waals surface area contributed by atoms with Crippen molar-refractivity contribution in [3.8, 4) is 0 Å². The maximum absolute atomic E-state index is 13.6. The second-order valence-corrected chi connectivity index (χ2v) is 4.72. The largest absolute Gasteiger partial charge is 0.369 e. The van der Waals surface area contributed by atoms with Crippen LogP contribution in [0.25, 0.3) is 0 Å². The molecule has 1 aromatic heterocycles. The van der Waals surface area contributed by atoms with E-state index in [2.05, 4.69) is 15.6 Å². The molecule has 0 unspecified atom stereocenters. The first-order chi connectivity index (χ1) is 9.52. The highest BCUT2D eigenvalue weighted by Crippen LogP contribution is 2.31. The minimum Gasteiger partial charge on any atom is -0.369 e. The van der Waals surface area contributed by atoms with Crippen molar-refractivity contribution in [1.82, 2.24) is 4.98 Å². The van der Waals surface area contributed by atoms with Gasteiger partial charge in [-0.05, 0) is 25.1 Å². The molecule has 1 heterocycles. The Balaban J connectivity index is 2.38. The Kier molecular flexibility index (Phi) is 4.62. The quantitative estimate of drug-likeness (QED) is 0.847. The molecule has 0 aliphatic rings. The topological polar surface area (TPSA) is 37.0 Å². The zero-order valence-corrected chi connectivity index (χ0v) is 12.0. The van der Waals surface area contributed by atoms with Crippen LogP contribution in [0.1, 0.15) is 6.92 Å². The van der Waals surface area contributed by atoms with Gasteiger partial charge in [0.15, 0.2) is 17.5 Å². The predicted molar refractivity (Wildman–Crippen MR) is 78.1 cm³/mol. The highest BCUT2D eigenvalue weighted by molar-refractivity contribution is 6.37. The first-order valence-electron chi connectivity index (χ1n) is 5.84. The van der Waals surface area contributed by atoms with Gasteiger partial charge < -0.3 is 10.6 Å². The number of benzene rings is 1. The number of rotatable bonds is 4. The van der Waals surface area contributed by atoms with Crippen LogP contribution < -0.4 is 10.6 Å². The van der Waals surface area contributed by atoms with E-state index in [0.29, 0.717) is 17.4 Å². The van der Waals surface area contributed by atoms with E-state index in [-0.39, 0.29) is 16.5 Å². The van der Waals surface area contributed by atoms with Crippen molar-refractivity contribution < 1.29 is 8.78 Å². The van der Waals surface area contributed by atoms with Crippen molar-refractivity contribution in [1.29, 1.82) is 0 Å². The van der Waals surface area contributed by atoms with Crippen LogP contribution in [0.2, 0.25) is 10.0 Å². The summed E-state index contributed by atoms with van der Waals surface area (Å²) >= 11 is 12.0. The van der Waals surface area contributed by atoms with Crippen molar-refractivity contribution >= 4 is 40.5 Å². The summed E-state index contributed by atoms with van der Waals surface area (Å²) in [6.07, 6.45) is 0. The molecule has 1 aromatic carbocycles. The lowest BCUT2D eigenvalue weighted by molar-refractivity contribution is 0.511. The van der Waals surface area contributed by atoms with Gasteiger partial charge in [-0.3, -0.25) is 0 Å². The zero-order valence-electron chi connectivity index (χ0n) is 10.5. The van der Waals surface area contributed by atoms with E-state index in [1.807, 2.05) is 6.92 Å². The Hall–Kier alpha value is -1.59. The fourth-order valence-electron chi connectivity index (χ4n) is 1.57. The van der Waals surface area contributed by atoms with Crippen LogP contribution in [0.4, 0.5) is 26.1 Å². The number of anilines is 3. The summed E-state index contributed by atoms with van der Waals surface area (Å²) in [5.74, 6) is -1.34. The number of aromatic nitrogens is 1. The molecule has 3 nitrogen and oxygen atoms in total. The van der Waals surface area contributed by atoms with Gasteiger partial charge >= 0.3 is 0 Å². The van der Waals surface area contributed by atoms with Crippen molar-refractivity contribution in [3.05, 3.63) is 45.9 Å². The fraction of sp³-hybridized carbons (Fsp3) is 0.154. The Labute approximate surface area is 124 Å². The molecule has 0 aliphatic heterocycles. The van der Waals surface area contributed by atoms with Crippen LogP contribution in [0.5, 0.6) is 0 Å². The zero-order chi connectivity index (χ0) is 14.7. The van der Waals surface area contributed by atoms with Crippen LogP contribution in [-0.2, 0) is 0 Å². The summed E-state index contributed by atoms with van der Waals surface area (Å²) < 4.78 is 26.7. The monoisotopic (exact) mass is 317 g/mol. The summed E-state index contributed by atoms with van der Waals surface area (Å²) in [5.41, 5.74) is -0.0517. The van der Waals surface area contributed by atoms with E-state index >= 15 is 0 Å². The summed E-state index contributed by atoms with van der Waals surface area (Å²) in [4.78, 5) is 4.15. The lowest BCUT2D eigenvalue weighted by atomic mass is 10.3. The Bertz CT molecular complexity index is 635. The van der Waals surface area contributed by atoms with Crippen molar-refractivity contribution in [2.75, 3.05) is 17.2 Å². The number of hydrogen-bond donors (Lipinski definition) is 2. The molecule has 2 aromatic rings. The lowest BCUT2D eigenvalue weighted by Crippen LogP contribution is -2.04. The molecule has 0 radical (unpaired) electrons. The average molecular weight is 318 g/mol. The SMILES string of the molecule is CCNc1nc(Nc2cccc(F)c2F)c(Cl)cc1Cl. The minimum absolute atomic E-state index is 0.0517. The first-order valence-corrected chi connectivity index (χ1v) is 6.59. The van der Waals surface area contributed by atoms with Crippen LogP contribution in [0.15, 0.2) is 24.3 Å². The molecule has 0 amide bonds. The predicted octanol–water partition coefficient (Wildman–Crippen LogP) is 4.84. The van der Waals surface area contributed by atoms with Gasteiger partial charge in [0.2, 0.25) is 0 Å². The van der Waals surface area contributed by atoms with E-state index in [1.165, 1.54) is 18.2 Å². The maximum Gasteiger partial charge on any atom is 0.182 e. The maximum atomic E-state index is 13.6. The van der Waals surface area contributed by atoms with Crippen molar-refractivity contribution in [2.24, 2.45) is 0 Å². The van der Waals surface area contributed by atoms with Gasteiger partial charge in [0.1, 0.15) is 5.82 Å². The van der Waals surface area contributed by atoms with Crippen molar-refractivity contribution in [3.63, 3.8) is 0 Å². The molecule has 2 rings (SSSR count). The lowest BCUT2D eigenvalue weighted by Gasteiger charge is -2.12. The molecule has 0 atom stereocenters. The molecule has 7 heteroatoms. The summed E-state index contributed by atoms with van der Waals surface area (Å²) in [5, 5.41) is 6.15. The number of nitrogens with zero attached hydrogens (tertiary/aromatic N) is 1. The van der Waals surface area contributed by atoms with E-state index < -0.39 is 11.6 Å². The van der Waals surface area contributed by atoms with Gasteiger partial charge in [-0.2, -0.15) is 0 Å². The molecule has 20 heavy (non-hydrogen) atoms. The molecule has 2 N–H and O–H groups in total. The normalized spacial score (nSPS) is 10.4. The minimum atomic E-state index is -0.995. The van der Waals surface area contributed by atoms with E-state index in [4.69, 9.17) is 23.2 Å². The highest BCUT2D eigenvalue weighted by atomic mass is 35.5. The summed E-state index contributed by atoms with van der Waals surface area (Å²) in [6.45, 7) is 2.49. The Morgan fingerprint density at radius 2 is 1.85 bits per heavy atom. The van der Waals surface area contributed by atoms with Crippen molar-refractivity contribution in [2.45, 2.75) is 6.92 Å². The highest BCUT2D eigenvalue weighted by Gasteiger charge is 2.12. The van der Waals surface area contributed by atoms with Gasteiger partial charge in [0.25, 0.3) is 0 Å². The number of nitrogens with one attached hydrogen (secondary N) is 2. The van der Waals surface area contributed by atoms with Crippen LogP contribution in [0.3, 0.4) is 0 Å². The smallest absolute Gasteiger partial charge is 0.182 e. The number of hydrogen-bond acceptors (Lipinski definition) is 3. The van der Waals surface area contributed by atoms with Gasteiger partial charge in [0, 0.05) is 6.54 Å². The van der Waals surface area contributed by atoms with E-state index in [1.54, 1.807) is 0 Å². The molecule has 0 bridgehead atoms. The molecule has 0 saturated heterocycles. The van der Waals surface area contributed by atoms with E-state index in [9.17, 15) is 8.78 Å². The van der Waals surface area contributed by atoms with Crippen LogP contribution in [-0.4, -0.2) is 11.5 Å². The van der Waals surface area contributed by atoms with Gasteiger partial charge in [0.05, 0.1) is 15.7 Å². The first kappa shape index (κ1) is 14.8. The third kappa shape index (κ3) is 3.11. The van der Waals surface area contributed by atoms with Gasteiger partial charge in [-0.1, -0.05) is 29.3 Å². The molecule has 106 valence electrons. The molecule has 0 saturated carbocycles. The van der Waals surface area contributed by atoms with Gasteiger partial charge in [-0.25, -0.2) is 13.8 Å². The molecular weight excluding hydrogens is 307 g/mol. The average Bonchev–Trinajstić information content (AvgIpc) is 2.40. The number of halogens is 4. The van der Waals surface area contributed by atoms with Crippen LogP contribution >= 0.6 is 23.2 Å². The summed E-state index contributed by atoms with van der Waals surface area (Å²) in [7, 11) is 0. The van der Waals surface area contributed by atoms with Crippen LogP contribution in [0, 0.1) is 11.6 Å². The van der Waals surface area contributed by atoms with E-state index in [0.717, 1.165) is 6.07 Å². The third-order valence-electron chi connectivity index (χ3n) is 2.48. The molecule has 0 spiro atoms. The number of pyridine rings is 1.